The molecule has 1 fully saturated rings. The molecular formula is C14H20N2. The number of nitrogens with one attached hydrogen (secondary N) is 1. The van der Waals surface area contributed by atoms with Crippen molar-refractivity contribution < 1.29 is 0 Å². The monoisotopic (exact) mass is 216 g/mol. The van der Waals surface area contributed by atoms with Crippen LogP contribution in [0.15, 0.2) is 18.2 Å². The first-order valence-corrected chi connectivity index (χ1v) is 6.37. The minimum Gasteiger partial charge on any atom is -0.381 e. The summed E-state index contributed by atoms with van der Waals surface area (Å²) in [5.74, 6) is 0.712. The number of piperidine rings is 1. The topological polar surface area (TPSA) is 15.3 Å². The van der Waals surface area contributed by atoms with Crippen molar-refractivity contribution >= 4 is 5.69 Å². The maximum absolute atomic E-state index is 3.68. The van der Waals surface area contributed by atoms with Gasteiger partial charge in [0, 0.05) is 30.7 Å². The van der Waals surface area contributed by atoms with E-state index in [1.54, 1.807) is 5.56 Å². The van der Waals surface area contributed by atoms with Gasteiger partial charge in [0.15, 0.2) is 0 Å². The van der Waals surface area contributed by atoms with Crippen molar-refractivity contribution in [2.45, 2.75) is 32.2 Å². The fourth-order valence-electron chi connectivity index (χ4n) is 3.11. The van der Waals surface area contributed by atoms with Crippen LogP contribution in [0.5, 0.6) is 0 Å². The zero-order chi connectivity index (χ0) is 11.1. The van der Waals surface area contributed by atoms with Gasteiger partial charge in [0.25, 0.3) is 0 Å². The zero-order valence-electron chi connectivity index (χ0n) is 10.2. The minimum atomic E-state index is 0.680. The summed E-state index contributed by atoms with van der Waals surface area (Å²) in [5.41, 5.74) is 4.30. The van der Waals surface area contributed by atoms with Gasteiger partial charge in [0.2, 0.25) is 0 Å². The Hall–Kier alpha value is -1.02. The Bertz CT molecular complexity index is 400. The summed E-state index contributed by atoms with van der Waals surface area (Å²) in [7, 11) is 0. The Morgan fingerprint density at radius 1 is 1.44 bits per heavy atom. The van der Waals surface area contributed by atoms with Crippen LogP contribution >= 0.6 is 0 Å². The molecule has 2 atom stereocenters. The second-order valence-electron chi connectivity index (χ2n) is 5.13. The fourth-order valence-corrected chi connectivity index (χ4v) is 3.11. The molecule has 0 unspecified atom stereocenters. The van der Waals surface area contributed by atoms with E-state index in [4.69, 9.17) is 0 Å². The highest BCUT2D eigenvalue weighted by molar-refractivity contribution is 5.60. The van der Waals surface area contributed by atoms with Gasteiger partial charge in [0.05, 0.1) is 0 Å². The maximum Gasteiger partial charge on any atom is 0.0379 e. The number of likely N-dealkylation sites (tertiary alicyclic amines) is 1. The van der Waals surface area contributed by atoms with E-state index < -0.39 is 0 Å². The average Bonchev–Trinajstić information content (AvgIpc) is 2.66. The Labute approximate surface area is 97.6 Å². The van der Waals surface area contributed by atoms with Crippen molar-refractivity contribution in [3.63, 3.8) is 0 Å². The molecule has 0 aromatic heterocycles. The third kappa shape index (κ3) is 1.52. The number of anilines is 1. The lowest BCUT2D eigenvalue weighted by molar-refractivity contribution is 0.211. The highest BCUT2D eigenvalue weighted by atomic mass is 15.2. The molecule has 1 aromatic rings. The van der Waals surface area contributed by atoms with Gasteiger partial charge in [-0.25, -0.2) is 0 Å². The number of hydrogen-bond acceptors (Lipinski definition) is 2. The largest absolute Gasteiger partial charge is 0.381 e. The molecule has 2 heterocycles. The van der Waals surface area contributed by atoms with Gasteiger partial charge < -0.3 is 10.2 Å². The van der Waals surface area contributed by atoms with Crippen LogP contribution in [-0.2, 0) is 0 Å². The van der Waals surface area contributed by atoms with Crippen LogP contribution in [0.25, 0.3) is 0 Å². The number of aryl methyl sites for hydroxylation is 1. The molecule has 2 nitrogen and oxygen atoms in total. The molecule has 1 saturated heterocycles. The molecule has 0 bridgehead atoms. The Kier molecular flexibility index (Phi) is 2.40. The van der Waals surface area contributed by atoms with E-state index in [0.29, 0.717) is 12.0 Å². The summed E-state index contributed by atoms with van der Waals surface area (Å²) in [5, 5.41) is 3.68. The van der Waals surface area contributed by atoms with Crippen molar-refractivity contribution in [2.24, 2.45) is 0 Å². The van der Waals surface area contributed by atoms with E-state index in [0.717, 1.165) is 0 Å². The quantitative estimate of drug-likeness (QED) is 0.776. The summed E-state index contributed by atoms with van der Waals surface area (Å²) in [6.45, 7) is 8.11. The van der Waals surface area contributed by atoms with Crippen LogP contribution in [0.3, 0.4) is 0 Å². The van der Waals surface area contributed by atoms with Crippen molar-refractivity contribution in [2.75, 3.05) is 25.0 Å². The van der Waals surface area contributed by atoms with Gasteiger partial charge in [0.1, 0.15) is 0 Å². The van der Waals surface area contributed by atoms with E-state index in [2.05, 4.69) is 42.3 Å². The van der Waals surface area contributed by atoms with Crippen LogP contribution < -0.4 is 5.32 Å². The van der Waals surface area contributed by atoms with E-state index in [1.807, 2.05) is 0 Å². The third-order valence-electron chi connectivity index (χ3n) is 4.09. The molecule has 0 spiro atoms. The molecule has 0 radical (unpaired) electrons. The van der Waals surface area contributed by atoms with Crippen LogP contribution in [0, 0.1) is 6.92 Å². The summed E-state index contributed by atoms with van der Waals surface area (Å²) >= 11 is 0. The molecular weight excluding hydrogens is 196 g/mol. The van der Waals surface area contributed by atoms with Gasteiger partial charge in [-0.2, -0.15) is 0 Å². The molecule has 1 N–H and O–H groups in total. The van der Waals surface area contributed by atoms with E-state index in [1.165, 1.54) is 37.3 Å². The summed E-state index contributed by atoms with van der Waals surface area (Å²) < 4.78 is 0. The van der Waals surface area contributed by atoms with Crippen LogP contribution in [-0.4, -0.2) is 30.6 Å². The molecule has 1 aromatic carbocycles. The van der Waals surface area contributed by atoms with Gasteiger partial charge >= 0.3 is 0 Å². The standard InChI is InChI=1S/C14H20N2/c1-3-16-7-6-14-12(9-16)11-8-10(2)4-5-13(11)15-14/h4-5,8,12,14-15H,3,6-7,9H2,1-2H3/t12-,14-/m1/s1. The normalized spacial score (nSPS) is 28.4. The average molecular weight is 216 g/mol. The van der Waals surface area contributed by atoms with Gasteiger partial charge in [-0.15, -0.1) is 0 Å². The first kappa shape index (κ1) is 10.2. The second kappa shape index (κ2) is 3.77. The highest BCUT2D eigenvalue weighted by Crippen LogP contribution is 2.40. The van der Waals surface area contributed by atoms with Crippen molar-refractivity contribution in [1.82, 2.24) is 4.90 Å². The van der Waals surface area contributed by atoms with E-state index in [-0.39, 0.29) is 0 Å². The lowest BCUT2D eigenvalue weighted by atomic mass is 9.89. The highest BCUT2D eigenvalue weighted by Gasteiger charge is 2.35. The number of benzene rings is 1. The lowest BCUT2D eigenvalue weighted by Gasteiger charge is -2.34. The van der Waals surface area contributed by atoms with Gasteiger partial charge in [-0.1, -0.05) is 24.6 Å². The predicted octanol–water partition coefficient (Wildman–Crippen LogP) is 2.60. The zero-order valence-corrected chi connectivity index (χ0v) is 10.2. The molecule has 16 heavy (non-hydrogen) atoms. The predicted molar refractivity (Wildman–Crippen MR) is 68.1 cm³/mol. The molecule has 86 valence electrons. The van der Waals surface area contributed by atoms with Gasteiger partial charge in [-0.3, -0.25) is 0 Å². The van der Waals surface area contributed by atoms with Crippen molar-refractivity contribution in [3.05, 3.63) is 29.3 Å². The molecule has 2 heteroatoms. The fraction of sp³-hybridized carbons (Fsp3) is 0.571. The second-order valence-corrected chi connectivity index (χ2v) is 5.13. The molecule has 2 aliphatic rings. The number of rotatable bonds is 1. The SMILES string of the molecule is CCN1CC[C@H]2Nc3ccc(C)cc3[C@H]2C1. The number of likely N-dealkylation sites (N-methyl/N-ethyl adjacent to an activating group) is 1. The van der Waals surface area contributed by atoms with E-state index >= 15 is 0 Å². The minimum absolute atomic E-state index is 0.680. The van der Waals surface area contributed by atoms with Crippen molar-refractivity contribution in [3.8, 4) is 0 Å². The van der Waals surface area contributed by atoms with Gasteiger partial charge in [-0.05, 0) is 31.5 Å². The third-order valence-corrected chi connectivity index (χ3v) is 4.09. The number of hydrogen-bond donors (Lipinski definition) is 1. The van der Waals surface area contributed by atoms with Crippen LogP contribution in [0.1, 0.15) is 30.4 Å². The molecule has 3 rings (SSSR count). The molecule has 2 aliphatic heterocycles. The van der Waals surface area contributed by atoms with E-state index in [9.17, 15) is 0 Å². The number of fused-ring (bicyclic) bond motifs is 3. The number of nitrogens with zero attached hydrogens (tertiary/aromatic N) is 1. The molecule has 0 amide bonds. The first-order chi connectivity index (χ1) is 7.78. The summed E-state index contributed by atoms with van der Waals surface area (Å²) in [4.78, 5) is 2.57. The van der Waals surface area contributed by atoms with Crippen LogP contribution in [0.2, 0.25) is 0 Å². The summed E-state index contributed by atoms with van der Waals surface area (Å²) in [6, 6.07) is 7.51. The first-order valence-electron chi connectivity index (χ1n) is 6.37. The van der Waals surface area contributed by atoms with Crippen LogP contribution in [0.4, 0.5) is 5.69 Å². The maximum atomic E-state index is 3.68. The Morgan fingerprint density at radius 2 is 2.31 bits per heavy atom. The lowest BCUT2D eigenvalue weighted by Crippen LogP contribution is -2.41. The van der Waals surface area contributed by atoms with Crippen molar-refractivity contribution in [1.29, 1.82) is 0 Å². The Balaban J connectivity index is 1.92. The smallest absolute Gasteiger partial charge is 0.0379 e. The Morgan fingerprint density at radius 3 is 3.12 bits per heavy atom. The molecule has 0 aliphatic carbocycles. The summed E-state index contributed by atoms with van der Waals surface area (Å²) in [6.07, 6.45) is 1.28. The molecule has 0 saturated carbocycles.